The largest absolute Gasteiger partial charge is 0.370 e. The Morgan fingerprint density at radius 3 is 2.82 bits per heavy atom. The number of nitrogens with one attached hydrogen (secondary N) is 2. The molecule has 1 aromatic rings. The molecule has 2 heterocycles. The van der Waals surface area contributed by atoms with Gasteiger partial charge in [0.15, 0.2) is 0 Å². The summed E-state index contributed by atoms with van der Waals surface area (Å²) in [6.07, 6.45) is 5.67. The Labute approximate surface area is 107 Å². The molecule has 0 bridgehead atoms. The average Bonchev–Trinajstić information content (AvgIpc) is 2.39. The van der Waals surface area contributed by atoms with Gasteiger partial charge in [-0.15, -0.1) is 0 Å². The first kappa shape index (κ1) is 12.5. The molecule has 0 aliphatic carbocycles. The summed E-state index contributed by atoms with van der Waals surface area (Å²) >= 11 is 2.08. The first-order valence-corrected chi connectivity index (χ1v) is 7.34. The molecule has 1 fully saturated rings. The van der Waals surface area contributed by atoms with Crippen LogP contribution in [-0.4, -0.2) is 34.1 Å². The lowest BCUT2D eigenvalue weighted by molar-refractivity contribution is 0.677. The van der Waals surface area contributed by atoms with Gasteiger partial charge in [-0.05, 0) is 25.5 Å². The molecule has 1 atom stereocenters. The Morgan fingerprint density at radius 2 is 2.12 bits per heavy atom. The van der Waals surface area contributed by atoms with Crippen LogP contribution in [0.4, 0.5) is 11.6 Å². The van der Waals surface area contributed by atoms with Crippen LogP contribution in [0.15, 0.2) is 12.4 Å². The second-order valence-corrected chi connectivity index (χ2v) is 5.60. The molecule has 1 saturated heterocycles. The molecule has 17 heavy (non-hydrogen) atoms. The Hall–Kier alpha value is -0.970. The van der Waals surface area contributed by atoms with Gasteiger partial charge >= 0.3 is 0 Å². The van der Waals surface area contributed by atoms with Crippen molar-refractivity contribution in [1.82, 2.24) is 9.97 Å². The Morgan fingerprint density at radius 1 is 1.29 bits per heavy atom. The molecule has 5 heteroatoms. The molecule has 0 radical (unpaired) electrons. The van der Waals surface area contributed by atoms with Crippen LogP contribution in [0.1, 0.15) is 26.2 Å². The van der Waals surface area contributed by atoms with E-state index in [9.17, 15) is 0 Å². The van der Waals surface area contributed by atoms with Crippen molar-refractivity contribution in [2.45, 2.75) is 31.4 Å². The van der Waals surface area contributed by atoms with E-state index in [-0.39, 0.29) is 0 Å². The van der Waals surface area contributed by atoms with Gasteiger partial charge in [0.05, 0.1) is 0 Å². The Bertz CT molecular complexity index is 339. The molecular weight excluding hydrogens is 232 g/mol. The highest BCUT2D eigenvalue weighted by Crippen LogP contribution is 2.25. The molecule has 1 aliphatic heterocycles. The average molecular weight is 252 g/mol. The van der Waals surface area contributed by atoms with Crippen molar-refractivity contribution >= 4 is 23.4 Å². The summed E-state index contributed by atoms with van der Waals surface area (Å²) in [5, 5.41) is 7.33. The number of hydrogen-bond donors (Lipinski definition) is 2. The van der Waals surface area contributed by atoms with E-state index in [4.69, 9.17) is 0 Å². The smallest absolute Gasteiger partial charge is 0.131 e. The summed E-state index contributed by atoms with van der Waals surface area (Å²) in [6.45, 7) is 3.95. The number of nitrogens with zero attached hydrogens (tertiary/aromatic N) is 2. The zero-order valence-corrected chi connectivity index (χ0v) is 11.1. The second-order valence-electron chi connectivity index (χ2n) is 4.19. The van der Waals surface area contributed by atoms with Crippen LogP contribution < -0.4 is 10.6 Å². The molecule has 0 saturated carbocycles. The predicted molar refractivity (Wildman–Crippen MR) is 74.8 cm³/mol. The number of anilines is 2. The molecule has 1 unspecified atom stereocenters. The SMILES string of the molecule is CCNc1cc(NCC2CCCCS2)ncn1. The molecule has 1 aliphatic rings. The first-order chi connectivity index (χ1) is 8.38. The maximum absolute atomic E-state index is 4.23. The summed E-state index contributed by atoms with van der Waals surface area (Å²) in [7, 11) is 0. The van der Waals surface area contributed by atoms with Gasteiger partial charge in [-0.2, -0.15) is 11.8 Å². The summed E-state index contributed by atoms with van der Waals surface area (Å²) in [5.41, 5.74) is 0. The molecular formula is C12H20N4S. The fourth-order valence-corrected chi connectivity index (χ4v) is 3.16. The molecule has 4 nitrogen and oxygen atoms in total. The topological polar surface area (TPSA) is 49.8 Å². The molecule has 94 valence electrons. The van der Waals surface area contributed by atoms with Crippen LogP contribution in [-0.2, 0) is 0 Å². The minimum absolute atomic E-state index is 0.737. The van der Waals surface area contributed by atoms with Crippen molar-refractivity contribution in [3.05, 3.63) is 12.4 Å². The lowest BCUT2D eigenvalue weighted by Crippen LogP contribution is -2.20. The van der Waals surface area contributed by atoms with Crippen molar-refractivity contribution in [2.24, 2.45) is 0 Å². The zero-order chi connectivity index (χ0) is 11.9. The van der Waals surface area contributed by atoms with Crippen LogP contribution in [0.2, 0.25) is 0 Å². The lowest BCUT2D eigenvalue weighted by atomic mass is 10.2. The van der Waals surface area contributed by atoms with E-state index in [0.29, 0.717) is 0 Å². The third-order valence-electron chi connectivity index (χ3n) is 2.81. The van der Waals surface area contributed by atoms with Crippen LogP contribution in [0, 0.1) is 0 Å². The van der Waals surface area contributed by atoms with E-state index in [1.165, 1.54) is 25.0 Å². The Balaban J connectivity index is 1.83. The number of hydrogen-bond acceptors (Lipinski definition) is 5. The van der Waals surface area contributed by atoms with Crippen molar-refractivity contribution in [3.8, 4) is 0 Å². The van der Waals surface area contributed by atoms with Crippen LogP contribution >= 0.6 is 11.8 Å². The maximum Gasteiger partial charge on any atom is 0.131 e. The molecule has 0 aromatic carbocycles. The first-order valence-electron chi connectivity index (χ1n) is 6.30. The third-order valence-corrected chi connectivity index (χ3v) is 4.21. The minimum Gasteiger partial charge on any atom is -0.370 e. The van der Waals surface area contributed by atoms with E-state index in [1.54, 1.807) is 6.33 Å². The minimum atomic E-state index is 0.737. The van der Waals surface area contributed by atoms with E-state index in [1.807, 2.05) is 6.07 Å². The van der Waals surface area contributed by atoms with Gasteiger partial charge in [-0.3, -0.25) is 0 Å². The fraction of sp³-hybridized carbons (Fsp3) is 0.667. The van der Waals surface area contributed by atoms with Crippen molar-refractivity contribution in [1.29, 1.82) is 0 Å². The van der Waals surface area contributed by atoms with E-state index in [2.05, 4.69) is 39.3 Å². The van der Waals surface area contributed by atoms with Crippen LogP contribution in [0.3, 0.4) is 0 Å². The van der Waals surface area contributed by atoms with E-state index >= 15 is 0 Å². The van der Waals surface area contributed by atoms with Crippen LogP contribution in [0.5, 0.6) is 0 Å². The highest BCUT2D eigenvalue weighted by molar-refractivity contribution is 7.99. The monoisotopic (exact) mass is 252 g/mol. The molecule has 0 amide bonds. The van der Waals surface area contributed by atoms with E-state index in [0.717, 1.165) is 30.0 Å². The van der Waals surface area contributed by atoms with Gasteiger partial charge < -0.3 is 10.6 Å². The number of thioether (sulfide) groups is 1. The van der Waals surface area contributed by atoms with Gasteiger partial charge in [0.2, 0.25) is 0 Å². The molecule has 2 rings (SSSR count). The molecule has 1 aromatic heterocycles. The highest BCUT2D eigenvalue weighted by atomic mass is 32.2. The van der Waals surface area contributed by atoms with Gasteiger partial charge in [0, 0.05) is 24.4 Å². The summed E-state index contributed by atoms with van der Waals surface area (Å²) in [5.74, 6) is 3.11. The van der Waals surface area contributed by atoms with Gasteiger partial charge in [0.1, 0.15) is 18.0 Å². The lowest BCUT2D eigenvalue weighted by Gasteiger charge is -2.21. The predicted octanol–water partition coefficient (Wildman–Crippen LogP) is 2.61. The quantitative estimate of drug-likeness (QED) is 0.843. The van der Waals surface area contributed by atoms with E-state index < -0.39 is 0 Å². The van der Waals surface area contributed by atoms with Crippen molar-refractivity contribution in [3.63, 3.8) is 0 Å². The van der Waals surface area contributed by atoms with Crippen molar-refractivity contribution < 1.29 is 0 Å². The summed E-state index contributed by atoms with van der Waals surface area (Å²) in [6, 6.07) is 1.97. The van der Waals surface area contributed by atoms with Gasteiger partial charge in [-0.25, -0.2) is 9.97 Å². The third kappa shape index (κ3) is 4.07. The molecule has 2 N–H and O–H groups in total. The maximum atomic E-state index is 4.23. The van der Waals surface area contributed by atoms with Crippen molar-refractivity contribution in [2.75, 3.05) is 29.5 Å². The van der Waals surface area contributed by atoms with Gasteiger partial charge in [0.25, 0.3) is 0 Å². The molecule has 0 spiro atoms. The number of aromatic nitrogens is 2. The number of rotatable bonds is 5. The zero-order valence-electron chi connectivity index (χ0n) is 10.3. The van der Waals surface area contributed by atoms with Crippen LogP contribution in [0.25, 0.3) is 0 Å². The summed E-state index contributed by atoms with van der Waals surface area (Å²) < 4.78 is 0. The second kappa shape index (κ2) is 6.69. The summed E-state index contributed by atoms with van der Waals surface area (Å²) in [4.78, 5) is 8.39. The normalized spacial score (nSPS) is 19.9. The standard InChI is InChI=1S/C12H20N4S/c1-2-13-11-7-12(16-9-15-11)14-8-10-5-3-4-6-17-10/h7,9-10H,2-6,8H2,1H3,(H2,13,14,15,16). The highest BCUT2D eigenvalue weighted by Gasteiger charge is 2.13. The fourth-order valence-electron chi connectivity index (χ4n) is 1.92. The van der Waals surface area contributed by atoms with Gasteiger partial charge in [-0.1, -0.05) is 6.42 Å². The Kier molecular flexibility index (Phi) is 4.91.